The van der Waals surface area contributed by atoms with Gasteiger partial charge in [0.2, 0.25) is 0 Å². The fourth-order valence-corrected chi connectivity index (χ4v) is 3.85. The quantitative estimate of drug-likeness (QED) is 0.718. The molecule has 4 nitrogen and oxygen atoms in total. The van der Waals surface area contributed by atoms with Crippen LogP contribution >= 0.6 is 0 Å². The molecule has 4 heteroatoms. The lowest BCUT2D eigenvalue weighted by Gasteiger charge is -2.27. The Labute approximate surface area is 160 Å². The molecule has 0 saturated carbocycles. The molecule has 1 atom stereocenters. The van der Waals surface area contributed by atoms with Crippen LogP contribution in [0, 0.1) is 0 Å². The second-order valence-electron chi connectivity index (χ2n) is 7.33. The van der Waals surface area contributed by atoms with E-state index in [0.29, 0.717) is 12.5 Å². The summed E-state index contributed by atoms with van der Waals surface area (Å²) in [4.78, 5) is 18.2. The highest BCUT2D eigenvalue weighted by atomic mass is 16.5. The first-order valence-electron chi connectivity index (χ1n) is 9.75. The number of amides is 1. The smallest absolute Gasteiger partial charge is 0.260 e. The van der Waals surface area contributed by atoms with Crippen LogP contribution in [0.2, 0.25) is 0 Å². The maximum absolute atomic E-state index is 12.8. The topological polar surface area (TPSA) is 45.3 Å². The molecule has 1 unspecified atom stereocenters. The van der Waals surface area contributed by atoms with E-state index in [1.807, 2.05) is 35.2 Å². The number of aromatic amines is 1. The molecule has 1 aliphatic rings. The summed E-state index contributed by atoms with van der Waals surface area (Å²) in [5.41, 5.74) is 4.81. The number of aromatic nitrogens is 1. The van der Waals surface area contributed by atoms with Crippen LogP contribution in [0.5, 0.6) is 5.75 Å². The van der Waals surface area contributed by atoms with Crippen molar-refractivity contribution in [3.8, 4) is 5.75 Å². The Morgan fingerprint density at radius 2 is 1.96 bits per heavy atom. The summed E-state index contributed by atoms with van der Waals surface area (Å²) in [5, 5.41) is 1.22. The molecule has 1 aliphatic heterocycles. The molecule has 0 saturated heterocycles. The van der Waals surface area contributed by atoms with E-state index in [4.69, 9.17) is 4.74 Å². The molecule has 0 spiro atoms. The highest BCUT2D eigenvalue weighted by molar-refractivity contribution is 5.86. The lowest BCUT2D eigenvalue weighted by Crippen LogP contribution is -2.38. The number of hydrogen-bond donors (Lipinski definition) is 1. The third-order valence-corrected chi connectivity index (χ3v) is 5.65. The Bertz CT molecular complexity index is 960. The molecule has 3 aromatic rings. The Kier molecular flexibility index (Phi) is 4.88. The molecule has 4 rings (SSSR count). The number of nitrogens with zero attached hydrogens (tertiary/aromatic N) is 1. The van der Waals surface area contributed by atoms with E-state index in [-0.39, 0.29) is 12.5 Å². The minimum absolute atomic E-state index is 0.0462. The van der Waals surface area contributed by atoms with Crippen molar-refractivity contribution in [2.45, 2.75) is 39.2 Å². The fourth-order valence-electron chi connectivity index (χ4n) is 3.85. The largest absolute Gasteiger partial charge is 0.483 e. The average Bonchev–Trinajstić information content (AvgIpc) is 3.09. The maximum atomic E-state index is 12.8. The van der Waals surface area contributed by atoms with E-state index in [9.17, 15) is 4.79 Å². The van der Waals surface area contributed by atoms with E-state index in [2.05, 4.69) is 37.0 Å². The van der Waals surface area contributed by atoms with Gasteiger partial charge in [-0.3, -0.25) is 4.79 Å². The van der Waals surface area contributed by atoms with Crippen molar-refractivity contribution >= 4 is 16.8 Å². The van der Waals surface area contributed by atoms with Crippen LogP contribution in [-0.2, 0) is 17.8 Å². The van der Waals surface area contributed by atoms with Crippen molar-refractivity contribution in [1.82, 2.24) is 9.88 Å². The fraction of sp³-hybridized carbons (Fsp3) is 0.348. The lowest BCUT2D eigenvalue weighted by molar-refractivity contribution is -0.134. The first-order chi connectivity index (χ1) is 13.2. The second-order valence-corrected chi connectivity index (χ2v) is 7.33. The van der Waals surface area contributed by atoms with Crippen molar-refractivity contribution in [2.24, 2.45) is 0 Å². The highest BCUT2D eigenvalue weighted by Crippen LogP contribution is 2.29. The van der Waals surface area contributed by atoms with Crippen LogP contribution in [0.1, 0.15) is 43.0 Å². The van der Waals surface area contributed by atoms with Gasteiger partial charge in [-0.05, 0) is 30.0 Å². The van der Waals surface area contributed by atoms with Crippen molar-refractivity contribution in [1.29, 1.82) is 0 Å². The number of para-hydroxylation sites is 2. The zero-order valence-corrected chi connectivity index (χ0v) is 16.0. The van der Waals surface area contributed by atoms with E-state index < -0.39 is 0 Å². The Morgan fingerprint density at radius 1 is 1.19 bits per heavy atom. The van der Waals surface area contributed by atoms with Gasteiger partial charge in [-0.1, -0.05) is 50.2 Å². The van der Waals surface area contributed by atoms with Gasteiger partial charge in [0.05, 0.1) is 0 Å². The van der Waals surface area contributed by atoms with Crippen molar-refractivity contribution in [2.75, 3.05) is 13.2 Å². The first-order valence-corrected chi connectivity index (χ1v) is 9.75. The highest BCUT2D eigenvalue weighted by Gasteiger charge is 2.24. The molecule has 140 valence electrons. The molecule has 0 bridgehead atoms. The van der Waals surface area contributed by atoms with E-state index in [1.54, 1.807) is 0 Å². The number of rotatable bonds is 5. The van der Waals surface area contributed by atoms with Crippen molar-refractivity contribution in [3.63, 3.8) is 0 Å². The van der Waals surface area contributed by atoms with Crippen LogP contribution in [0.25, 0.3) is 10.9 Å². The molecular formula is C23H26N2O2. The maximum Gasteiger partial charge on any atom is 0.260 e. The number of benzene rings is 2. The molecule has 0 aliphatic carbocycles. The summed E-state index contributed by atoms with van der Waals surface area (Å²) in [6.45, 7) is 5.82. The first kappa shape index (κ1) is 17.7. The number of carbonyl (C=O) groups excluding carboxylic acids is 1. The zero-order valence-electron chi connectivity index (χ0n) is 16.0. The van der Waals surface area contributed by atoms with Gasteiger partial charge in [0, 0.05) is 41.7 Å². The molecule has 0 fully saturated rings. The van der Waals surface area contributed by atoms with Gasteiger partial charge in [0.25, 0.3) is 5.91 Å². The van der Waals surface area contributed by atoms with Crippen LogP contribution in [0.4, 0.5) is 0 Å². The molecular weight excluding hydrogens is 336 g/mol. The zero-order chi connectivity index (χ0) is 18.8. The Hall–Kier alpha value is -2.75. The average molecular weight is 362 g/mol. The van der Waals surface area contributed by atoms with Gasteiger partial charge >= 0.3 is 0 Å². The Balaban J connectivity index is 1.46. The minimum Gasteiger partial charge on any atom is -0.483 e. The third kappa shape index (κ3) is 3.44. The molecule has 27 heavy (non-hydrogen) atoms. The van der Waals surface area contributed by atoms with Crippen molar-refractivity contribution < 1.29 is 9.53 Å². The van der Waals surface area contributed by atoms with Gasteiger partial charge in [-0.15, -0.1) is 0 Å². The van der Waals surface area contributed by atoms with Crippen LogP contribution in [0.3, 0.4) is 0 Å². The van der Waals surface area contributed by atoms with Gasteiger partial charge in [0.15, 0.2) is 6.61 Å². The summed E-state index contributed by atoms with van der Waals surface area (Å²) >= 11 is 0. The number of hydrogen-bond acceptors (Lipinski definition) is 2. The van der Waals surface area contributed by atoms with E-state index >= 15 is 0 Å². The number of H-pyrrole nitrogens is 1. The molecule has 2 heterocycles. The normalized spacial score (nSPS) is 14.8. The van der Waals surface area contributed by atoms with Crippen LogP contribution in [0.15, 0.2) is 48.5 Å². The number of carbonyl (C=O) groups is 1. The summed E-state index contributed by atoms with van der Waals surface area (Å²) in [7, 11) is 0. The van der Waals surface area contributed by atoms with Gasteiger partial charge in [-0.2, -0.15) is 0 Å². The van der Waals surface area contributed by atoms with Gasteiger partial charge < -0.3 is 14.6 Å². The van der Waals surface area contributed by atoms with Crippen LogP contribution < -0.4 is 4.74 Å². The molecule has 1 amide bonds. The number of ether oxygens (including phenoxy) is 1. The number of nitrogens with one attached hydrogen (secondary N) is 1. The van der Waals surface area contributed by atoms with Gasteiger partial charge in [0.1, 0.15) is 5.75 Å². The molecule has 0 radical (unpaired) electrons. The summed E-state index contributed by atoms with van der Waals surface area (Å²) in [6, 6.07) is 16.3. The summed E-state index contributed by atoms with van der Waals surface area (Å²) in [5.74, 6) is 1.29. The number of fused-ring (bicyclic) bond motifs is 3. The summed E-state index contributed by atoms with van der Waals surface area (Å²) < 4.78 is 5.93. The molecule has 1 aromatic heterocycles. The predicted molar refractivity (Wildman–Crippen MR) is 108 cm³/mol. The Morgan fingerprint density at radius 3 is 2.81 bits per heavy atom. The SMILES string of the molecule is CCC(C)c1ccccc1OCC(=O)N1CCc2[nH]c3ccccc3c2C1. The van der Waals surface area contributed by atoms with E-state index in [1.165, 1.54) is 22.2 Å². The molecule has 2 aromatic carbocycles. The molecule has 1 N–H and O–H groups in total. The monoisotopic (exact) mass is 362 g/mol. The van der Waals surface area contributed by atoms with Crippen LogP contribution in [-0.4, -0.2) is 28.9 Å². The minimum atomic E-state index is 0.0462. The van der Waals surface area contributed by atoms with Crippen molar-refractivity contribution in [3.05, 3.63) is 65.4 Å². The van der Waals surface area contributed by atoms with Gasteiger partial charge in [-0.25, -0.2) is 0 Å². The third-order valence-electron chi connectivity index (χ3n) is 5.65. The van der Waals surface area contributed by atoms with E-state index in [0.717, 1.165) is 30.7 Å². The summed E-state index contributed by atoms with van der Waals surface area (Å²) in [6.07, 6.45) is 1.91. The lowest BCUT2D eigenvalue weighted by atomic mass is 9.98. The predicted octanol–water partition coefficient (Wildman–Crippen LogP) is 4.65. The standard InChI is InChI=1S/C23H26N2O2/c1-3-16(2)17-8-5-7-11-22(17)27-15-23(26)25-13-12-21-19(14-25)18-9-4-6-10-20(18)24-21/h4-11,16,24H,3,12-15H2,1-2H3. The second kappa shape index (κ2) is 7.47.